The molecule has 126 valence electrons. The first-order chi connectivity index (χ1) is 9.84. The third-order valence-corrected chi connectivity index (χ3v) is 3.86. The number of carbonyl (C=O) groups is 1. The zero-order valence-corrected chi connectivity index (χ0v) is 15.4. The van der Waals surface area contributed by atoms with Crippen LogP contribution in [0.1, 0.15) is 73.6 Å². The summed E-state index contributed by atoms with van der Waals surface area (Å²) in [6, 6.07) is 0. The molecule has 0 radical (unpaired) electrons. The molecular weight excluding hydrogens is 260 g/mol. The Morgan fingerprint density at radius 3 is 1.86 bits per heavy atom. The Kier molecular flexibility index (Phi) is 10.8. The number of rotatable bonds is 11. The van der Waals surface area contributed by atoms with Crippen molar-refractivity contribution in [3.63, 3.8) is 0 Å². The molecule has 3 nitrogen and oxygen atoms in total. The number of amides is 1. The van der Waals surface area contributed by atoms with E-state index in [4.69, 9.17) is 0 Å². The van der Waals surface area contributed by atoms with Crippen molar-refractivity contribution in [2.24, 2.45) is 5.41 Å². The van der Waals surface area contributed by atoms with Gasteiger partial charge in [-0.05, 0) is 44.3 Å². The maximum absolute atomic E-state index is 12.4. The largest absolute Gasteiger partial charge is 0.343 e. The van der Waals surface area contributed by atoms with Gasteiger partial charge in [0.15, 0.2) is 0 Å². The fraction of sp³-hybridized carbons (Fsp3) is 0.944. The van der Waals surface area contributed by atoms with Crippen molar-refractivity contribution in [1.29, 1.82) is 0 Å². The van der Waals surface area contributed by atoms with E-state index in [2.05, 4.69) is 51.3 Å². The van der Waals surface area contributed by atoms with Crippen molar-refractivity contribution in [3.8, 4) is 0 Å². The monoisotopic (exact) mass is 298 g/mol. The SMILES string of the molecule is CCCCN(CCCCN(CC)CC)C(=O)CC(C)(C)C. The van der Waals surface area contributed by atoms with Crippen LogP contribution in [0.4, 0.5) is 0 Å². The van der Waals surface area contributed by atoms with E-state index in [1.54, 1.807) is 0 Å². The summed E-state index contributed by atoms with van der Waals surface area (Å²) in [5.74, 6) is 0.332. The second-order valence-electron chi connectivity index (χ2n) is 7.21. The van der Waals surface area contributed by atoms with Crippen LogP contribution in [-0.4, -0.2) is 48.4 Å². The van der Waals surface area contributed by atoms with Gasteiger partial charge in [0.25, 0.3) is 0 Å². The lowest BCUT2D eigenvalue weighted by Crippen LogP contribution is -2.35. The molecule has 0 aliphatic carbocycles. The van der Waals surface area contributed by atoms with E-state index in [0.29, 0.717) is 12.3 Å². The smallest absolute Gasteiger partial charge is 0.223 e. The Morgan fingerprint density at radius 2 is 1.38 bits per heavy atom. The summed E-state index contributed by atoms with van der Waals surface area (Å²) >= 11 is 0. The lowest BCUT2D eigenvalue weighted by molar-refractivity contribution is -0.133. The van der Waals surface area contributed by atoms with Crippen molar-refractivity contribution >= 4 is 5.91 Å². The zero-order chi connectivity index (χ0) is 16.3. The summed E-state index contributed by atoms with van der Waals surface area (Å²) in [4.78, 5) is 17.0. The van der Waals surface area contributed by atoms with Crippen LogP contribution in [0.25, 0.3) is 0 Å². The van der Waals surface area contributed by atoms with E-state index in [-0.39, 0.29) is 5.41 Å². The first-order valence-electron chi connectivity index (χ1n) is 8.84. The standard InChI is InChI=1S/C18H38N2O/c1-7-10-14-20(17(21)16-18(4,5)6)15-12-11-13-19(8-2)9-3/h7-16H2,1-6H3. The first-order valence-corrected chi connectivity index (χ1v) is 8.84. The van der Waals surface area contributed by atoms with E-state index in [1.165, 1.54) is 6.42 Å². The fourth-order valence-corrected chi connectivity index (χ4v) is 2.45. The van der Waals surface area contributed by atoms with E-state index in [0.717, 1.165) is 52.0 Å². The van der Waals surface area contributed by atoms with E-state index >= 15 is 0 Å². The van der Waals surface area contributed by atoms with Gasteiger partial charge in [0.1, 0.15) is 0 Å². The van der Waals surface area contributed by atoms with Gasteiger partial charge < -0.3 is 9.80 Å². The normalized spacial score (nSPS) is 12.0. The number of hydrogen-bond acceptors (Lipinski definition) is 2. The minimum Gasteiger partial charge on any atom is -0.343 e. The first kappa shape index (κ1) is 20.4. The van der Waals surface area contributed by atoms with E-state index in [1.807, 2.05) is 0 Å². The number of nitrogens with zero attached hydrogens (tertiary/aromatic N) is 2. The summed E-state index contributed by atoms with van der Waals surface area (Å²) in [6.07, 6.45) is 5.24. The van der Waals surface area contributed by atoms with Gasteiger partial charge in [0.2, 0.25) is 5.91 Å². The second-order valence-corrected chi connectivity index (χ2v) is 7.21. The molecule has 0 unspecified atom stereocenters. The fourth-order valence-electron chi connectivity index (χ4n) is 2.45. The second kappa shape index (κ2) is 11.1. The van der Waals surface area contributed by atoms with Crippen molar-refractivity contribution in [1.82, 2.24) is 9.80 Å². The summed E-state index contributed by atoms with van der Waals surface area (Å²) < 4.78 is 0. The van der Waals surface area contributed by atoms with Gasteiger partial charge in [-0.15, -0.1) is 0 Å². The summed E-state index contributed by atoms with van der Waals surface area (Å²) in [7, 11) is 0. The quantitative estimate of drug-likeness (QED) is 0.534. The lowest BCUT2D eigenvalue weighted by atomic mass is 9.91. The molecule has 0 N–H and O–H groups in total. The molecule has 0 bridgehead atoms. The third-order valence-electron chi connectivity index (χ3n) is 3.86. The molecule has 21 heavy (non-hydrogen) atoms. The summed E-state index contributed by atoms with van der Waals surface area (Å²) in [6.45, 7) is 18.3. The molecular formula is C18H38N2O. The van der Waals surface area contributed by atoms with Gasteiger partial charge in [-0.3, -0.25) is 4.79 Å². The number of unbranched alkanes of at least 4 members (excludes halogenated alkanes) is 2. The van der Waals surface area contributed by atoms with Crippen LogP contribution in [0.15, 0.2) is 0 Å². The highest BCUT2D eigenvalue weighted by atomic mass is 16.2. The molecule has 0 aromatic rings. The molecule has 1 amide bonds. The predicted octanol–water partition coefficient (Wildman–Crippen LogP) is 4.17. The predicted molar refractivity (Wildman–Crippen MR) is 92.6 cm³/mol. The van der Waals surface area contributed by atoms with Crippen LogP contribution in [0, 0.1) is 5.41 Å². The van der Waals surface area contributed by atoms with Crippen LogP contribution in [0.3, 0.4) is 0 Å². The Hall–Kier alpha value is -0.570. The van der Waals surface area contributed by atoms with Crippen molar-refractivity contribution in [2.75, 3.05) is 32.7 Å². The molecule has 0 aromatic heterocycles. The maximum atomic E-state index is 12.4. The highest BCUT2D eigenvalue weighted by molar-refractivity contribution is 5.76. The molecule has 0 aromatic carbocycles. The molecule has 0 atom stereocenters. The Morgan fingerprint density at radius 1 is 0.857 bits per heavy atom. The van der Waals surface area contributed by atoms with Crippen LogP contribution in [0.5, 0.6) is 0 Å². The van der Waals surface area contributed by atoms with Crippen molar-refractivity contribution in [2.45, 2.75) is 73.6 Å². The molecule has 0 fully saturated rings. The van der Waals surface area contributed by atoms with Gasteiger partial charge in [-0.1, -0.05) is 48.0 Å². The van der Waals surface area contributed by atoms with Crippen LogP contribution >= 0.6 is 0 Å². The molecule has 0 spiro atoms. The van der Waals surface area contributed by atoms with E-state index in [9.17, 15) is 4.79 Å². The van der Waals surface area contributed by atoms with Crippen molar-refractivity contribution < 1.29 is 4.79 Å². The average Bonchev–Trinajstić information content (AvgIpc) is 2.40. The molecule has 0 saturated carbocycles. The topological polar surface area (TPSA) is 23.6 Å². The lowest BCUT2D eigenvalue weighted by Gasteiger charge is -2.27. The van der Waals surface area contributed by atoms with Gasteiger partial charge in [-0.25, -0.2) is 0 Å². The molecule has 0 heterocycles. The highest BCUT2D eigenvalue weighted by Gasteiger charge is 2.20. The van der Waals surface area contributed by atoms with Gasteiger partial charge in [-0.2, -0.15) is 0 Å². The summed E-state index contributed by atoms with van der Waals surface area (Å²) in [5.41, 5.74) is 0.0861. The van der Waals surface area contributed by atoms with Crippen LogP contribution < -0.4 is 0 Å². The third kappa shape index (κ3) is 10.8. The maximum Gasteiger partial charge on any atom is 0.223 e. The molecule has 0 rings (SSSR count). The van der Waals surface area contributed by atoms with Gasteiger partial charge in [0, 0.05) is 19.5 Å². The highest BCUT2D eigenvalue weighted by Crippen LogP contribution is 2.20. The average molecular weight is 299 g/mol. The van der Waals surface area contributed by atoms with Gasteiger partial charge in [0.05, 0.1) is 0 Å². The Labute approximate surface area is 133 Å². The van der Waals surface area contributed by atoms with Crippen LogP contribution in [0.2, 0.25) is 0 Å². The minimum atomic E-state index is 0.0861. The Balaban J connectivity index is 4.20. The molecule has 0 saturated heterocycles. The van der Waals surface area contributed by atoms with Gasteiger partial charge >= 0.3 is 0 Å². The number of hydrogen-bond donors (Lipinski definition) is 0. The van der Waals surface area contributed by atoms with Crippen LogP contribution in [-0.2, 0) is 4.79 Å². The minimum absolute atomic E-state index is 0.0861. The summed E-state index contributed by atoms with van der Waals surface area (Å²) in [5, 5.41) is 0. The molecule has 3 heteroatoms. The number of carbonyl (C=O) groups excluding carboxylic acids is 1. The van der Waals surface area contributed by atoms with Crippen molar-refractivity contribution in [3.05, 3.63) is 0 Å². The zero-order valence-electron chi connectivity index (χ0n) is 15.4. The molecule has 0 aliphatic heterocycles. The molecule has 0 aliphatic rings. The Bertz CT molecular complexity index is 267. The van der Waals surface area contributed by atoms with E-state index < -0.39 is 0 Å².